The van der Waals surface area contributed by atoms with E-state index in [1.807, 2.05) is 30.5 Å². The van der Waals surface area contributed by atoms with Crippen molar-refractivity contribution in [1.82, 2.24) is 9.88 Å². The highest BCUT2D eigenvalue weighted by Crippen LogP contribution is 2.27. The summed E-state index contributed by atoms with van der Waals surface area (Å²) in [6, 6.07) is 15.8. The number of nitriles is 1. The smallest absolute Gasteiger partial charge is 0.256 e. The van der Waals surface area contributed by atoms with E-state index in [9.17, 15) is 14.0 Å². The van der Waals surface area contributed by atoms with Gasteiger partial charge in [-0.3, -0.25) is 9.59 Å². The number of hydrogen-bond donors (Lipinski definition) is 1. The number of nitrogens with zero attached hydrogens (tertiary/aromatic N) is 2. The van der Waals surface area contributed by atoms with Crippen LogP contribution >= 0.6 is 0 Å². The van der Waals surface area contributed by atoms with Crippen LogP contribution in [0.5, 0.6) is 0 Å². The summed E-state index contributed by atoms with van der Waals surface area (Å²) in [5.41, 5.74) is 3.16. The third kappa shape index (κ3) is 3.87. The second-order valence-electron chi connectivity index (χ2n) is 7.06. The van der Waals surface area contributed by atoms with Crippen LogP contribution in [0.2, 0.25) is 0 Å². The summed E-state index contributed by atoms with van der Waals surface area (Å²) in [6.07, 6.45) is 1.56. The van der Waals surface area contributed by atoms with Crippen LogP contribution in [0.1, 0.15) is 45.7 Å². The van der Waals surface area contributed by atoms with Crippen molar-refractivity contribution in [3.8, 4) is 17.2 Å². The number of rotatable bonds is 5. The maximum absolute atomic E-state index is 13.2. The lowest BCUT2D eigenvalue weighted by Crippen LogP contribution is -2.29. The first kappa shape index (κ1) is 21.0. The van der Waals surface area contributed by atoms with Crippen molar-refractivity contribution < 1.29 is 9.18 Å². The molecule has 1 N–H and O–H groups in total. The minimum Gasteiger partial charge on any atom is -0.355 e. The van der Waals surface area contributed by atoms with Crippen LogP contribution in [-0.2, 0) is 6.67 Å². The topological polar surface area (TPSA) is 74.9 Å². The molecule has 1 aromatic heterocycles. The van der Waals surface area contributed by atoms with E-state index in [0.717, 1.165) is 5.56 Å². The third-order valence-corrected chi connectivity index (χ3v) is 5.27. The Morgan fingerprint density at radius 3 is 2.53 bits per heavy atom. The predicted octanol–water partition coefficient (Wildman–Crippen LogP) is 4.13. The summed E-state index contributed by atoms with van der Waals surface area (Å²) < 4.78 is 15.1. The lowest BCUT2D eigenvalue weighted by atomic mass is 9.97. The molecule has 1 heterocycles. The molecule has 0 saturated heterocycles. The molecule has 5 nitrogen and oxygen atoms in total. The lowest BCUT2D eigenvalue weighted by Gasteiger charge is -2.23. The van der Waals surface area contributed by atoms with Crippen molar-refractivity contribution >= 4 is 5.91 Å². The Morgan fingerprint density at radius 2 is 1.93 bits per heavy atom. The minimum absolute atomic E-state index is 0.0178. The molecule has 3 aromatic rings. The standard InChI is InChI=1S/C24H22FN3O2/c1-15(19-9-7-17(13-26)8-10-19)28-14-21(24(30)27-3)23(29)22(16(28)2)20-6-4-5-18(11-20)12-25/h4-11,14-15H,12H2,1-3H3,(H,27,30). The number of pyridine rings is 1. The Labute approximate surface area is 174 Å². The largest absolute Gasteiger partial charge is 0.355 e. The SMILES string of the molecule is CNC(=O)c1cn(C(C)c2ccc(C#N)cc2)c(C)c(-c2cccc(CF)c2)c1=O. The van der Waals surface area contributed by atoms with E-state index in [4.69, 9.17) is 5.26 Å². The molecule has 6 heteroatoms. The molecule has 0 spiro atoms. The van der Waals surface area contributed by atoms with Gasteiger partial charge in [-0.05, 0) is 48.7 Å². The van der Waals surface area contributed by atoms with Gasteiger partial charge in [0.05, 0.1) is 17.7 Å². The fourth-order valence-corrected chi connectivity index (χ4v) is 3.57. The molecule has 0 radical (unpaired) electrons. The zero-order valence-electron chi connectivity index (χ0n) is 17.1. The van der Waals surface area contributed by atoms with Crippen LogP contribution in [0.3, 0.4) is 0 Å². The Hall–Kier alpha value is -3.72. The van der Waals surface area contributed by atoms with E-state index in [1.165, 1.54) is 7.05 Å². The van der Waals surface area contributed by atoms with E-state index in [0.29, 0.717) is 27.9 Å². The molecule has 1 amide bonds. The minimum atomic E-state index is -0.641. The molecule has 1 unspecified atom stereocenters. The van der Waals surface area contributed by atoms with Crippen molar-refractivity contribution in [2.75, 3.05) is 7.05 Å². The van der Waals surface area contributed by atoms with Crippen LogP contribution < -0.4 is 10.7 Å². The average molecular weight is 403 g/mol. The number of amides is 1. The number of alkyl halides is 1. The van der Waals surface area contributed by atoms with Crippen LogP contribution in [0, 0.1) is 18.3 Å². The highest BCUT2D eigenvalue weighted by atomic mass is 19.1. The molecule has 30 heavy (non-hydrogen) atoms. The van der Waals surface area contributed by atoms with E-state index >= 15 is 0 Å². The Kier molecular flexibility index (Phi) is 6.12. The number of halogens is 1. The number of carbonyl (C=O) groups is 1. The van der Waals surface area contributed by atoms with Gasteiger partial charge in [-0.2, -0.15) is 5.26 Å². The van der Waals surface area contributed by atoms with E-state index < -0.39 is 18.0 Å². The van der Waals surface area contributed by atoms with Gasteiger partial charge in [0.25, 0.3) is 5.91 Å². The van der Waals surface area contributed by atoms with Crippen LogP contribution in [-0.4, -0.2) is 17.5 Å². The van der Waals surface area contributed by atoms with Crippen molar-refractivity contribution in [2.45, 2.75) is 26.6 Å². The van der Waals surface area contributed by atoms with Crippen molar-refractivity contribution in [1.29, 1.82) is 5.26 Å². The number of aromatic nitrogens is 1. The van der Waals surface area contributed by atoms with Crippen molar-refractivity contribution in [3.63, 3.8) is 0 Å². The normalized spacial score (nSPS) is 11.6. The molecule has 1 atom stereocenters. The van der Waals surface area contributed by atoms with Crippen molar-refractivity contribution in [3.05, 3.63) is 92.9 Å². The molecule has 0 bridgehead atoms. The highest BCUT2D eigenvalue weighted by molar-refractivity contribution is 5.95. The molecule has 0 aliphatic rings. The average Bonchev–Trinajstić information content (AvgIpc) is 2.78. The van der Waals surface area contributed by atoms with E-state index in [2.05, 4.69) is 11.4 Å². The maximum Gasteiger partial charge on any atom is 0.256 e. The molecule has 0 aliphatic carbocycles. The molecule has 2 aromatic carbocycles. The zero-order valence-corrected chi connectivity index (χ0v) is 17.1. The van der Waals surface area contributed by atoms with E-state index in [-0.39, 0.29) is 11.6 Å². The summed E-state index contributed by atoms with van der Waals surface area (Å²) in [6.45, 7) is 3.12. The van der Waals surface area contributed by atoms with Gasteiger partial charge in [-0.15, -0.1) is 0 Å². The monoisotopic (exact) mass is 403 g/mol. The van der Waals surface area contributed by atoms with Gasteiger partial charge in [0.2, 0.25) is 5.43 Å². The first-order valence-corrected chi connectivity index (χ1v) is 9.54. The summed E-state index contributed by atoms with van der Waals surface area (Å²) in [4.78, 5) is 25.6. The Morgan fingerprint density at radius 1 is 1.23 bits per heavy atom. The molecule has 3 rings (SSSR count). The molecular weight excluding hydrogens is 381 g/mol. The second kappa shape index (κ2) is 8.75. The Bertz CT molecular complexity index is 1190. The van der Waals surface area contributed by atoms with Gasteiger partial charge < -0.3 is 9.88 Å². The van der Waals surface area contributed by atoms with Crippen LogP contribution in [0.25, 0.3) is 11.1 Å². The third-order valence-electron chi connectivity index (χ3n) is 5.27. The molecular formula is C24H22FN3O2. The predicted molar refractivity (Wildman–Crippen MR) is 114 cm³/mol. The Balaban J connectivity index is 2.26. The van der Waals surface area contributed by atoms with Gasteiger partial charge in [-0.25, -0.2) is 4.39 Å². The van der Waals surface area contributed by atoms with Crippen molar-refractivity contribution in [2.24, 2.45) is 0 Å². The molecule has 152 valence electrons. The van der Waals surface area contributed by atoms with Crippen LogP contribution in [0.4, 0.5) is 4.39 Å². The lowest BCUT2D eigenvalue weighted by molar-refractivity contribution is 0.0961. The maximum atomic E-state index is 13.2. The first-order chi connectivity index (χ1) is 14.4. The number of hydrogen-bond acceptors (Lipinski definition) is 3. The number of benzene rings is 2. The van der Waals surface area contributed by atoms with Gasteiger partial charge in [-0.1, -0.05) is 30.3 Å². The molecule has 0 aliphatic heterocycles. The van der Waals surface area contributed by atoms with Gasteiger partial charge in [0.1, 0.15) is 12.2 Å². The van der Waals surface area contributed by atoms with Gasteiger partial charge in [0, 0.05) is 24.5 Å². The summed E-state index contributed by atoms with van der Waals surface area (Å²) in [7, 11) is 1.47. The van der Waals surface area contributed by atoms with Gasteiger partial charge in [0.15, 0.2) is 0 Å². The van der Waals surface area contributed by atoms with E-state index in [1.54, 1.807) is 42.6 Å². The van der Waals surface area contributed by atoms with Crippen LogP contribution in [0.15, 0.2) is 59.5 Å². The van der Waals surface area contributed by atoms with Gasteiger partial charge >= 0.3 is 0 Å². The fourth-order valence-electron chi connectivity index (χ4n) is 3.57. The fraction of sp³-hybridized carbons (Fsp3) is 0.208. The second-order valence-corrected chi connectivity index (χ2v) is 7.06. The first-order valence-electron chi connectivity index (χ1n) is 9.54. The molecule has 0 fully saturated rings. The quantitative estimate of drug-likeness (QED) is 0.696. The number of carbonyl (C=O) groups excluding carboxylic acids is 1. The highest BCUT2D eigenvalue weighted by Gasteiger charge is 2.21. The molecule has 0 saturated carbocycles. The summed E-state index contributed by atoms with van der Waals surface area (Å²) in [5, 5.41) is 11.5. The zero-order chi connectivity index (χ0) is 21.8. The summed E-state index contributed by atoms with van der Waals surface area (Å²) in [5.74, 6) is -0.483. The summed E-state index contributed by atoms with van der Waals surface area (Å²) >= 11 is 0. The number of nitrogens with one attached hydrogen (secondary N) is 1.